The Kier molecular flexibility index (Phi) is 3.40. The van der Waals surface area contributed by atoms with Gasteiger partial charge in [0.15, 0.2) is 4.96 Å². The predicted molar refractivity (Wildman–Crippen MR) is 92.9 cm³/mol. The summed E-state index contributed by atoms with van der Waals surface area (Å²) in [6.45, 7) is 0. The van der Waals surface area contributed by atoms with Crippen molar-refractivity contribution in [3.63, 3.8) is 0 Å². The Labute approximate surface area is 137 Å². The van der Waals surface area contributed by atoms with E-state index in [4.69, 9.17) is 0 Å². The number of hydrogen-bond acceptors (Lipinski definition) is 3. The lowest BCUT2D eigenvalue weighted by Gasteiger charge is -2.05. The van der Waals surface area contributed by atoms with Crippen molar-refractivity contribution >= 4 is 27.9 Å². The maximum absolute atomic E-state index is 12.1. The van der Waals surface area contributed by atoms with Gasteiger partial charge in [-0.05, 0) is 24.3 Å². The van der Waals surface area contributed by atoms with Crippen LogP contribution in [0.5, 0.6) is 0 Å². The zero-order chi connectivity index (χ0) is 15.6. The SMILES string of the molecule is O=C(Nc1ccc(-c2cn3ccsc3n2)cc1)c1ccccc1. The van der Waals surface area contributed by atoms with E-state index in [2.05, 4.69) is 10.3 Å². The molecule has 0 saturated carbocycles. The molecule has 23 heavy (non-hydrogen) atoms. The molecule has 2 aromatic carbocycles. The number of hydrogen-bond donors (Lipinski definition) is 1. The van der Waals surface area contributed by atoms with Crippen molar-refractivity contribution in [1.29, 1.82) is 0 Å². The molecule has 5 heteroatoms. The molecule has 2 heterocycles. The fraction of sp³-hybridized carbons (Fsp3) is 0. The maximum atomic E-state index is 12.1. The summed E-state index contributed by atoms with van der Waals surface area (Å²) in [7, 11) is 0. The molecule has 0 bridgehead atoms. The molecule has 0 unspecified atom stereocenters. The van der Waals surface area contributed by atoms with Gasteiger partial charge in [0.05, 0.1) is 5.69 Å². The van der Waals surface area contributed by atoms with Crippen molar-refractivity contribution < 1.29 is 4.79 Å². The second kappa shape index (κ2) is 5.70. The van der Waals surface area contributed by atoms with Gasteiger partial charge in [0.1, 0.15) is 0 Å². The molecule has 0 aliphatic rings. The first-order valence-electron chi connectivity index (χ1n) is 7.19. The molecule has 4 rings (SSSR count). The second-order valence-corrected chi connectivity index (χ2v) is 5.99. The Morgan fingerprint density at radius 2 is 1.83 bits per heavy atom. The number of thiazole rings is 1. The number of amides is 1. The number of nitrogens with zero attached hydrogens (tertiary/aromatic N) is 2. The third kappa shape index (κ3) is 2.74. The standard InChI is InChI=1S/C18H13N3OS/c22-17(14-4-2-1-3-5-14)19-15-8-6-13(7-9-15)16-12-21-10-11-23-18(21)20-16/h1-12H,(H,19,22). The van der Waals surface area contributed by atoms with Gasteiger partial charge in [0.2, 0.25) is 0 Å². The Hall–Kier alpha value is -2.92. The summed E-state index contributed by atoms with van der Waals surface area (Å²) in [5.41, 5.74) is 3.37. The van der Waals surface area contributed by atoms with E-state index >= 15 is 0 Å². The average molecular weight is 319 g/mol. The first-order chi connectivity index (χ1) is 11.3. The molecule has 0 fully saturated rings. The molecule has 4 aromatic rings. The number of rotatable bonds is 3. The molecular formula is C18H13N3OS. The molecule has 0 atom stereocenters. The number of imidazole rings is 1. The fourth-order valence-electron chi connectivity index (χ4n) is 2.38. The largest absolute Gasteiger partial charge is 0.322 e. The lowest BCUT2D eigenvalue weighted by molar-refractivity contribution is 0.102. The summed E-state index contributed by atoms with van der Waals surface area (Å²) in [6, 6.07) is 16.9. The minimum atomic E-state index is -0.110. The number of benzene rings is 2. The van der Waals surface area contributed by atoms with Gasteiger partial charge in [-0.2, -0.15) is 0 Å². The van der Waals surface area contributed by atoms with E-state index in [1.165, 1.54) is 0 Å². The van der Waals surface area contributed by atoms with Crippen LogP contribution in [0.4, 0.5) is 5.69 Å². The van der Waals surface area contributed by atoms with Crippen molar-refractivity contribution in [2.24, 2.45) is 0 Å². The molecule has 0 radical (unpaired) electrons. The van der Waals surface area contributed by atoms with Gasteiger partial charge in [-0.1, -0.05) is 30.3 Å². The summed E-state index contributed by atoms with van der Waals surface area (Å²) in [4.78, 5) is 17.7. The van der Waals surface area contributed by atoms with Crippen LogP contribution in [-0.2, 0) is 0 Å². The maximum Gasteiger partial charge on any atom is 0.255 e. The topological polar surface area (TPSA) is 46.4 Å². The number of aromatic nitrogens is 2. The molecule has 2 aromatic heterocycles. The molecule has 0 aliphatic heterocycles. The minimum absolute atomic E-state index is 0.110. The highest BCUT2D eigenvalue weighted by molar-refractivity contribution is 7.15. The van der Waals surface area contributed by atoms with Crippen LogP contribution in [-0.4, -0.2) is 15.3 Å². The Balaban J connectivity index is 1.54. The van der Waals surface area contributed by atoms with Gasteiger partial charge in [-0.25, -0.2) is 4.98 Å². The van der Waals surface area contributed by atoms with Crippen LogP contribution in [0.3, 0.4) is 0 Å². The molecule has 4 nitrogen and oxygen atoms in total. The molecule has 1 amide bonds. The van der Waals surface area contributed by atoms with Crippen LogP contribution in [0.2, 0.25) is 0 Å². The van der Waals surface area contributed by atoms with Gasteiger partial charge >= 0.3 is 0 Å². The van der Waals surface area contributed by atoms with Crippen LogP contribution >= 0.6 is 11.3 Å². The Morgan fingerprint density at radius 3 is 2.57 bits per heavy atom. The minimum Gasteiger partial charge on any atom is -0.322 e. The number of fused-ring (bicyclic) bond motifs is 1. The number of anilines is 1. The number of carbonyl (C=O) groups is 1. The van der Waals surface area contributed by atoms with E-state index in [0.717, 1.165) is 21.9 Å². The molecule has 0 aliphatic carbocycles. The zero-order valence-corrected chi connectivity index (χ0v) is 13.0. The quantitative estimate of drug-likeness (QED) is 0.611. The van der Waals surface area contributed by atoms with Crippen LogP contribution in [0.25, 0.3) is 16.2 Å². The zero-order valence-electron chi connectivity index (χ0n) is 12.1. The van der Waals surface area contributed by atoms with E-state index in [1.807, 2.05) is 64.6 Å². The van der Waals surface area contributed by atoms with Gasteiger partial charge < -0.3 is 5.32 Å². The van der Waals surface area contributed by atoms with Gasteiger partial charge in [0, 0.05) is 34.6 Å². The van der Waals surface area contributed by atoms with E-state index in [1.54, 1.807) is 23.5 Å². The summed E-state index contributed by atoms with van der Waals surface area (Å²) in [5, 5.41) is 4.90. The summed E-state index contributed by atoms with van der Waals surface area (Å²) in [6.07, 6.45) is 3.99. The van der Waals surface area contributed by atoms with E-state index in [9.17, 15) is 4.79 Å². The van der Waals surface area contributed by atoms with E-state index in [-0.39, 0.29) is 5.91 Å². The Bertz CT molecular complexity index is 926. The summed E-state index contributed by atoms with van der Waals surface area (Å²) < 4.78 is 2.01. The smallest absolute Gasteiger partial charge is 0.255 e. The van der Waals surface area contributed by atoms with Crippen LogP contribution < -0.4 is 5.32 Å². The molecule has 112 valence electrons. The Morgan fingerprint density at radius 1 is 1.04 bits per heavy atom. The number of nitrogens with one attached hydrogen (secondary N) is 1. The van der Waals surface area contributed by atoms with Crippen molar-refractivity contribution in [3.05, 3.63) is 77.9 Å². The second-order valence-electron chi connectivity index (χ2n) is 5.12. The van der Waals surface area contributed by atoms with Crippen LogP contribution in [0.1, 0.15) is 10.4 Å². The lowest BCUT2D eigenvalue weighted by Crippen LogP contribution is -2.11. The first kappa shape index (κ1) is 13.7. The van der Waals surface area contributed by atoms with Gasteiger partial charge in [-0.3, -0.25) is 9.20 Å². The highest BCUT2D eigenvalue weighted by Gasteiger charge is 2.07. The number of carbonyl (C=O) groups excluding carboxylic acids is 1. The first-order valence-corrected chi connectivity index (χ1v) is 8.06. The van der Waals surface area contributed by atoms with Crippen molar-refractivity contribution in [2.45, 2.75) is 0 Å². The normalized spacial score (nSPS) is 10.8. The fourth-order valence-corrected chi connectivity index (χ4v) is 3.08. The monoisotopic (exact) mass is 319 g/mol. The van der Waals surface area contributed by atoms with Crippen molar-refractivity contribution in [2.75, 3.05) is 5.32 Å². The van der Waals surface area contributed by atoms with Gasteiger partial charge in [-0.15, -0.1) is 11.3 Å². The lowest BCUT2D eigenvalue weighted by atomic mass is 10.1. The van der Waals surface area contributed by atoms with E-state index in [0.29, 0.717) is 5.56 Å². The highest BCUT2D eigenvalue weighted by atomic mass is 32.1. The van der Waals surface area contributed by atoms with Crippen LogP contribution in [0, 0.1) is 0 Å². The highest BCUT2D eigenvalue weighted by Crippen LogP contribution is 2.23. The van der Waals surface area contributed by atoms with E-state index < -0.39 is 0 Å². The summed E-state index contributed by atoms with van der Waals surface area (Å²) >= 11 is 1.61. The molecule has 1 N–H and O–H groups in total. The predicted octanol–water partition coefficient (Wildman–Crippen LogP) is 4.32. The van der Waals surface area contributed by atoms with Crippen molar-refractivity contribution in [3.8, 4) is 11.3 Å². The summed E-state index contributed by atoms with van der Waals surface area (Å²) in [5.74, 6) is -0.110. The van der Waals surface area contributed by atoms with Gasteiger partial charge in [0.25, 0.3) is 5.91 Å². The third-order valence-corrected chi connectivity index (χ3v) is 4.34. The third-order valence-electron chi connectivity index (χ3n) is 3.57. The molecule has 0 saturated heterocycles. The van der Waals surface area contributed by atoms with Crippen molar-refractivity contribution in [1.82, 2.24) is 9.38 Å². The molecule has 0 spiro atoms. The van der Waals surface area contributed by atoms with Crippen LogP contribution in [0.15, 0.2) is 72.4 Å². The average Bonchev–Trinajstić information content (AvgIpc) is 3.18. The molecular weight excluding hydrogens is 306 g/mol.